The monoisotopic (exact) mass is 476 g/mol. The quantitative estimate of drug-likeness (QED) is 0.677. The maximum Gasteiger partial charge on any atom is 0.243 e. The number of hydrogen-bond donors (Lipinski definition) is 0. The average molecular weight is 477 g/mol. The van der Waals surface area contributed by atoms with Crippen LogP contribution in [0.3, 0.4) is 0 Å². The predicted molar refractivity (Wildman–Crippen MR) is 116 cm³/mol. The van der Waals surface area contributed by atoms with Gasteiger partial charge in [-0.3, -0.25) is 4.79 Å². The summed E-state index contributed by atoms with van der Waals surface area (Å²) in [5.74, 6) is 0.0643. The van der Waals surface area contributed by atoms with Crippen LogP contribution in [0, 0.1) is 12.8 Å². The molecule has 1 fully saturated rings. The van der Waals surface area contributed by atoms with E-state index in [9.17, 15) is 13.2 Å². The second-order valence-electron chi connectivity index (χ2n) is 7.87. The smallest absolute Gasteiger partial charge is 0.243 e. The molecule has 2 aromatic carbocycles. The van der Waals surface area contributed by atoms with Gasteiger partial charge in [0.25, 0.3) is 0 Å². The summed E-state index contributed by atoms with van der Waals surface area (Å²) in [5.41, 5.74) is 3.43. The van der Waals surface area contributed by atoms with Crippen LogP contribution < -0.4 is 0 Å². The van der Waals surface area contributed by atoms with Gasteiger partial charge in [0.05, 0.1) is 4.90 Å². The Kier molecular flexibility index (Phi) is 5.82. The fourth-order valence-electron chi connectivity index (χ4n) is 4.21. The molecule has 0 bridgehead atoms. The number of halogens is 1. The van der Waals surface area contributed by atoms with Gasteiger partial charge >= 0.3 is 0 Å². The minimum absolute atomic E-state index is 0.0987. The zero-order valence-electron chi connectivity index (χ0n) is 16.5. The zero-order valence-corrected chi connectivity index (χ0v) is 18.9. The van der Waals surface area contributed by atoms with Gasteiger partial charge in [0.1, 0.15) is 0 Å². The molecule has 5 nitrogen and oxygen atoms in total. The minimum atomic E-state index is -3.53. The Bertz CT molecular complexity index is 1030. The van der Waals surface area contributed by atoms with Gasteiger partial charge in [-0.1, -0.05) is 40.2 Å². The zero-order chi connectivity index (χ0) is 20.6. The van der Waals surface area contributed by atoms with Gasteiger partial charge in [-0.15, -0.1) is 0 Å². The third kappa shape index (κ3) is 4.13. The van der Waals surface area contributed by atoms with Crippen molar-refractivity contribution in [2.24, 2.45) is 5.92 Å². The van der Waals surface area contributed by atoms with E-state index in [0.717, 1.165) is 23.0 Å². The molecule has 0 spiro atoms. The van der Waals surface area contributed by atoms with Crippen LogP contribution in [0.25, 0.3) is 0 Å². The van der Waals surface area contributed by atoms with Crippen LogP contribution in [0.5, 0.6) is 0 Å². The van der Waals surface area contributed by atoms with Crippen molar-refractivity contribution in [1.82, 2.24) is 9.21 Å². The maximum atomic E-state index is 13.0. The fraction of sp³-hybridized carbons (Fsp3) is 0.409. The first-order chi connectivity index (χ1) is 13.9. The third-order valence-electron chi connectivity index (χ3n) is 6.01. The number of hydrogen-bond acceptors (Lipinski definition) is 3. The molecular formula is C22H25BrN2O3S. The van der Waals surface area contributed by atoms with Crippen molar-refractivity contribution in [3.05, 3.63) is 63.6 Å². The lowest BCUT2D eigenvalue weighted by molar-refractivity contribution is -0.137. The van der Waals surface area contributed by atoms with Gasteiger partial charge in [0.15, 0.2) is 0 Å². The van der Waals surface area contributed by atoms with Crippen LogP contribution in [-0.2, 0) is 27.8 Å². The highest BCUT2D eigenvalue weighted by Gasteiger charge is 2.34. The van der Waals surface area contributed by atoms with Gasteiger partial charge in [0, 0.05) is 36.6 Å². The number of nitrogens with zero attached hydrogens (tertiary/aromatic N) is 2. The van der Waals surface area contributed by atoms with Crippen LogP contribution in [-0.4, -0.2) is 43.2 Å². The van der Waals surface area contributed by atoms with Gasteiger partial charge in [0.2, 0.25) is 15.9 Å². The van der Waals surface area contributed by atoms with E-state index in [4.69, 9.17) is 0 Å². The maximum absolute atomic E-state index is 13.0. The van der Waals surface area contributed by atoms with E-state index in [1.54, 1.807) is 18.2 Å². The number of benzene rings is 2. The molecular weight excluding hydrogens is 452 g/mol. The first-order valence-electron chi connectivity index (χ1n) is 9.98. The number of sulfonamides is 1. The molecule has 2 heterocycles. The topological polar surface area (TPSA) is 57.7 Å². The van der Waals surface area contributed by atoms with Gasteiger partial charge < -0.3 is 4.90 Å². The van der Waals surface area contributed by atoms with E-state index < -0.39 is 10.0 Å². The predicted octanol–water partition coefficient (Wildman–Crippen LogP) is 3.74. The summed E-state index contributed by atoms with van der Waals surface area (Å²) < 4.78 is 28.4. The summed E-state index contributed by atoms with van der Waals surface area (Å²) >= 11 is 3.41. The number of aryl methyl sites for hydroxylation is 1. The molecule has 29 heavy (non-hydrogen) atoms. The molecule has 7 heteroatoms. The second kappa shape index (κ2) is 8.20. The molecule has 0 saturated carbocycles. The average Bonchev–Trinajstić information content (AvgIpc) is 2.74. The Balaban J connectivity index is 1.40. The van der Waals surface area contributed by atoms with Crippen LogP contribution >= 0.6 is 15.9 Å². The highest BCUT2D eigenvalue weighted by Crippen LogP contribution is 2.28. The van der Waals surface area contributed by atoms with E-state index in [0.29, 0.717) is 37.4 Å². The van der Waals surface area contributed by atoms with Gasteiger partial charge in [-0.05, 0) is 61.1 Å². The number of piperidine rings is 1. The Morgan fingerprint density at radius 3 is 2.41 bits per heavy atom. The summed E-state index contributed by atoms with van der Waals surface area (Å²) in [6.07, 6.45) is 2.04. The molecule has 4 rings (SSSR count). The number of rotatable bonds is 3. The molecule has 0 unspecified atom stereocenters. The summed E-state index contributed by atoms with van der Waals surface area (Å²) in [7, 11) is -3.53. The van der Waals surface area contributed by atoms with Crippen LogP contribution in [0.2, 0.25) is 0 Å². The normalized spacial score (nSPS) is 18.5. The highest BCUT2D eigenvalue weighted by atomic mass is 79.9. The van der Waals surface area contributed by atoms with E-state index in [-0.39, 0.29) is 11.8 Å². The summed E-state index contributed by atoms with van der Waals surface area (Å²) in [4.78, 5) is 15.3. The molecule has 1 amide bonds. The van der Waals surface area contributed by atoms with Crippen molar-refractivity contribution in [3.63, 3.8) is 0 Å². The number of carbonyl (C=O) groups excluding carboxylic acids is 1. The van der Waals surface area contributed by atoms with E-state index in [2.05, 4.69) is 28.1 Å². The minimum Gasteiger partial charge on any atom is -0.338 e. The lowest BCUT2D eigenvalue weighted by atomic mass is 9.94. The van der Waals surface area contributed by atoms with Crippen molar-refractivity contribution in [2.75, 3.05) is 19.6 Å². The van der Waals surface area contributed by atoms with Crippen molar-refractivity contribution in [2.45, 2.75) is 37.6 Å². The molecule has 0 N–H and O–H groups in total. The lowest BCUT2D eigenvalue weighted by Gasteiger charge is -2.35. The number of amides is 1. The van der Waals surface area contributed by atoms with Crippen molar-refractivity contribution >= 4 is 31.9 Å². The molecule has 2 aliphatic rings. The standard InChI is InChI=1S/C22H25BrN2O3S/c1-16-14-20(6-7-21(16)23)29(27,28)25-12-9-18(10-13-25)22(26)24-11-8-17-4-2-3-5-19(17)15-24/h2-7,14,18H,8-13,15H2,1H3. The lowest BCUT2D eigenvalue weighted by Crippen LogP contribution is -2.45. The molecule has 0 aliphatic carbocycles. The SMILES string of the molecule is Cc1cc(S(=O)(=O)N2CCC(C(=O)N3CCc4ccccc4C3)CC2)ccc1Br. The van der Waals surface area contributed by atoms with E-state index in [1.165, 1.54) is 15.4 Å². The Morgan fingerprint density at radius 2 is 1.72 bits per heavy atom. The molecule has 2 aromatic rings. The van der Waals surface area contributed by atoms with Gasteiger partial charge in [-0.2, -0.15) is 4.31 Å². The third-order valence-corrected chi connectivity index (χ3v) is 8.80. The first kappa shape index (κ1) is 20.6. The van der Waals surface area contributed by atoms with Crippen LogP contribution in [0.4, 0.5) is 0 Å². The molecule has 0 radical (unpaired) electrons. The van der Waals surface area contributed by atoms with Crippen molar-refractivity contribution in [1.29, 1.82) is 0 Å². The molecule has 0 atom stereocenters. The summed E-state index contributed by atoms with van der Waals surface area (Å²) in [6, 6.07) is 13.4. The number of carbonyl (C=O) groups is 1. The highest BCUT2D eigenvalue weighted by molar-refractivity contribution is 9.10. The first-order valence-corrected chi connectivity index (χ1v) is 12.2. The Morgan fingerprint density at radius 1 is 1.03 bits per heavy atom. The number of fused-ring (bicyclic) bond motifs is 1. The Labute approximate surface area is 180 Å². The molecule has 1 saturated heterocycles. The van der Waals surface area contributed by atoms with Gasteiger partial charge in [-0.25, -0.2) is 8.42 Å². The second-order valence-corrected chi connectivity index (χ2v) is 10.7. The van der Waals surface area contributed by atoms with Crippen molar-refractivity contribution < 1.29 is 13.2 Å². The molecule has 2 aliphatic heterocycles. The van der Waals surface area contributed by atoms with Crippen LogP contribution in [0.1, 0.15) is 29.5 Å². The fourth-order valence-corrected chi connectivity index (χ4v) is 6.01. The van der Waals surface area contributed by atoms with Crippen LogP contribution in [0.15, 0.2) is 51.8 Å². The van der Waals surface area contributed by atoms with Crippen molar-refractivity contribution in [3.8, 4) is 0 Å². The van der Waals surface area contributed by atoms with E-state index in [1.807, 2.05) is 24.0 Å². The largest absolute Gasteiger partial charge is 0.338 e. The summed E-state index contributed by atoms with van der Waals surface area (Å²) in [5, 5.41) is 0. The Hall–Kier alpha value is -1.70. The molecule has 0 aromatic heterocycles. The van der Waals surface area contributed by atoms with E-state index >= 15 is 0 Å². The summed E-state index contributed by atoms with van der Waals surface area (Å²) in [6.45, 7) is 4.06. The molecule has 154 valence electrons.